The molecular formula is C11H10ClN3. The summed E-state index contributed by atoms with van der Waals surface area (Å²) in [7, 11) is 1.86. The van der Waals surface area contributed by atoms with E-state index in [0.29, 0.717) is 11.6 Å². The van der Waals surface area contributed by atoms with Gasteiger partial charge in [0.05, 0.1) is 22.5 Å². The minimum absolute atomic E-state index is 0.657. The molecule has 2 heterocycles. The largest absolute Gasteiger partial charge is 0.345 e. The molecule has 2 N–H and O–H groups in total. The smallest absolute Gasteiger partial charge is 0.140 e. The van der Waals surface area contributed by atoms with Gasteiger partial charge >= 0.3 is 0 Å². The highest BCUT2D eigenvalue weighted by molar-refractivity contribution is 6.35. The Kier molecular flexibility index (Phi) is 2.91. The van der Waals surface area contributed by atoms with Gasteiger partial charge in [-0.3, -0.25) is 0 Å². The Morgan fingerprint density at radius 2 is 2.47 bits per heavy atom. The number of H-pyrrole nitrogens is 1. The first-order valence-corrected chi connectivity index (χ1v) is 4.96. The van der Waals surface area contributed by atoms with Crippen LogP contribution in [-0.2, 0) is 0 Å². The van der Waals surface area contributed by atoms with E-state index < -0.39 is 0 Å². The highest BCUT2D eigenvalue weighted by atomic mass is 35.5. The van der Waals surface area contributed by atoms with Crippen LogP contribution in [0.1, 0.15) is 5.56 Å². The van der Waals surface area contributed by atoms with Crippen LogP contribution in [0, 0.1) is 11.8 Å². The van der Waals surface area contributed by atoms with Crippen LogP contribution in [0.15, 0.2) is 18.5 Å². The number of hydrogen-bond donors (Lipinski definition) is 2. The molecule has 3 nitrogen and oxygen atoms in total. The number of nitrogens with one attached hydrogen (secondary N) is 2. The maximum atomic E-state index is 6.07. The maximum Gasteiger partial charge on any atom is 0.140 e. The lowest BCUT2D eigenvalue weighted by Gasteiger charge is -1.92. The second kappa shape index (κ2) is 4.35. The second-order valence-corrected chi connectivity index (χ2v) is 3.46. The van der Waals surface area contributed by atoms with Gasteiger partial charge < -0.3 is 10.3 Å². The Morgan fingerprint density at radius 1 is 1.60 bits per heavy atom. The fourth-order valence-corrected chi connectivity index (χ4v) is 1.59. The molecule has 0 aliphatic carbocycles. The molecular weight excluding hydrogens is 210 g/mol. The fourth-order valence-electron chi connectivity index (χ4n) is 1.34. The molecule has 0 bridgehead atoms. The van der Waals surface area contributed by atoms with E-state index in [1.807, 2.05) is 13.2 Å². The summed E-state index contributed by atoms with van der Waals surface area (Å²) in [5.41, 5.74) is 1.66. The predicted molar refractivity (Wildman–Crippen MR) is 61.9 cm³/mol. The summed E-state index contributed by atoms with van der Waals surface area (Å²) in [6.07, 6.45) is 3.50. The van der Waals surface area contributed by atoms with Crippen LogP contribution in [-0.4, -0.2) is 23.6 Å². The van der Waals surface area contributed by atoms with Crippen molar-refractivity contribution in [2.45, 2.75) is 0 Å². The van der Waals surface area contributed by atoms with E-state index in [-0.39, 0.29) is 0 Å². The van der Waals surface area contributed by atoms with E-state index >= 15 is 0 Å². The predicted octanol–water partition coefficient (Wildman–Crippen LogP) is 1.79. The van der Waals surface area contributed by atoms with Crippen LogP contribution in [0.4, 0.5) is 0 Å². The van der Waals surface area contributed by atoms with Gasteiger partial charge in [0.15, 0.2) is 0 Å². The van der Waals surface area contributed by atoms with Crippen LogP contribution in [0.5, 0.6) is 0 Å². The van der Waals surface area contributed by atoms with E-state index in [0.717, 1.165) is 16.6 Å². The zero-order chi connectivity index (χ0) is 10.7. The van der Waals surface area contributed by atoms with Crippen LogP contribution >= 0.6 is 11.6 Å². The van der Waals surface area contributed by atoms with Gasteiger partial charge in [-0.05, 0) is 13.1 Å². The summed E-state index contributed by atoms with van der Waals surface area (Å²) in [4.78, 5) is 7.20. The first-order chi connectivity index (χ1) is 7.33. The highest BCUT2D eigenvalue weighted by Crippen LogP contribution is 2.23. The lowest BCUT2D eigenvalue weighted by molar-refractivity contribution is 0.938. The Labute approximate surface area is 92.9 Å². The lowest BCUT2D eigenvalue weighted by atomic mass is 10.2. The number of hydrogen-bond acceptors (Lipinski definition) is 2. The van der Waals surface area contributed by atoms with Crippen molar-refractivity contribution in [2.24, 2.45) is 0 Å². The van der Waals surface area contributed by atoms with Crippen molar-refractivity contribution < 1.29 is 0 Å². The topological polar surface area (TPSA) is 40.7 Å². The minimum Gasteiger partial charge on any atom is -0.345 e. The van der Waals surface area contributed by atoms with Gasteiger partial charge in [0.1, 0.15) is 5.65 Å². The molecule has 0 unspecified atom stereocenters. The molecule has 0 aliphatic rings. The minimum atomic E-state index is 0.657. The molecule has 0 fully saturated rings. The zero-order valence-corrected chi connectivity index (χ0v) is 9.02. The third-order valence-electron chi connectivity index (χ3n) is 2.01. The van der Waals surface area contributed by atoms with Crippen molar-refractivity contribution >= 4 is 22.6 Å². The summed E-state index contributed by atoms with van der Waals surface area (Å²) in [6.45, 7) is 0.657. The standard InChI is InChI=1S/C11H10ClN3/c1-13-5-2-3-8-7-15-11-10(8)9(12)4-6-14-11/h4,6-7,13H,5H2,1H3,(H,14,15). The third-order valence-corrected chi connectivity index (χ3v) is 2.33. The molecule has 2 aromatic rings. The van der Waals surface area contributed by atoms with Gasteiger partial charge in [-0.25, -0.2) is 4.98 Å². The molecule has 15 heavy (non-hydrogen) atoms. The van der Waals surface area contributed by atoms with E-state index in [2.05, 4.69) is 27.1 Å². The molecule has 76 valence electrons. The summed E-state index contributed by atoms with van der Waals surface area (Å²) >= 11 is 6.07. The SMILES string of the molecule is CNCC#Cc1c[nH]c2nccc(Cl)c12. The Bertz CT molecular complexity index is 533. The molecule has 2 rings (SSSR count). The first kappa shape index (κ1) is 10.0. The van der Waals surface area contributed by atoms with E-state index in [1.54, 1.807) is 12.3 Å². The molecule has 0 amide bonds. The normalized spacial score (nSPS) is 10.0. The molecule has 0 radical (unpaired) electrons. The molecule has 0 spiro atoms. The molecule has 0 saturated heterocycles. The zero-order valence-electron chi connectivity index (χ0n) is 8.26. The lowest BCUT2D eigenvalue weighted by Crippen LogP contribution is -2.04. The van der Waals surface area contributed by atoms with E-state index in [1.165, 1.54) is 0 Å². The highest BCUT2D eigenvalue weighted by Gasteiger charge is 2.05. The Morgan fingerprint density at radius 3 is 3.27 bits per heavy atom. The van der Waals surface area contributed by atoms with Crippen molar-refractivity contribution in [2.75, 3.05) is 13.6 Å². The van der Waals surface area contributed by atoms with Crippen molar-refractivity contribution in [3.05, 3.63) is 29.0 Å². The molecule has 0 aliphatic heterocycles. The Balaban J connectivity index is 2.50. The van der Waals surface area contributed by atoms with Crippen LogP contribution in [0.3, 0.4) is 0 Å². The molecule has 0 aromatic carbocycles. The molecule has 0 saturated carbocycles. The third kappa shape index (κ3) is 1.96. The van der Waals surface area contributed by atoms with Gasteiger partial charge in [0, 0.05) is 12.4 Å². The molecule has 4 heteroatoms. The van der Waals surface area contributed by atoms with Crippen LogP contribution < -0.4 is 5.32 Å². The quantitative estimate of drug-likeness (QED) is 0.718. The van der Waals surface area contributed by atoms with Gasteiger partial charge in [0.25, 0.3) is 0 Å². The van der Waals surface area contributed by atoms with E-state index in [9.17, 15) is 0 Å². The van der Waals surface area contributed by atoms with Crippen molar-refractivity contribution in [3.8, 4) is 11.8 Å². The number of aromatic amines is 1. The van der Waals surface area contributed by atoms with Crippen molar-refractivity contribution in [3.63, 3.8) is 0 Å². The maximum absolute atomic E-state index is 6.07. The van der Waals surface area contributed by atoms with Gasteiger partial charge in [0.2, 0.25) is 0 Å². The summed E-state index contributed by atoms with van der Waals surface area (Å²) in [5, 5.41) is 4.53. The van der Waals surface area contributed by atoms with E-state index in [4.69, 9.17) is 11.6 Å². The number of aromatic nitrogens is 2. The number of fused-ring (bicyclic) bond motifs is 1. The number of halogens is 1. The van der Waals surface area contributed by atoms with Gasteiger partial charge in [-0.2, -0.15) is 0 Å². The van der Waals surface area contributed by atoms with Gasteiger partial charge in [-0.1, -0.05) is 23.4 Å². The van der Waals surface area contributed by atoms with Crippen LogP contribution in [0.25, 0.3) is 11.0 Å². The monoisotopic (exact) mass is 219 g/mol. The first-order valence-electron chi connectivity index (χ1n) is 4.58. The number of pyridine rings is 1. The summed E-state index contributed by atoms with van der Waals surface area (Å²) < 4.78 is 0. The van der Waals surface area contributed by atoms with Crippen molar-refractivity contribution in [1.82, 2.24) is 15.3 Å². The number of rotatable bonds is 1. The molecule has 2 aromatic heterocycles. The van der Waals surface area contributed by atoms with Crippen LogP contribution in [0.2, 0.25) is 5.02 Å². The second-order valence-electron chi connectivity index (χ2n) is 3.05. The van der Waals surface area contributed by atoms with Gasteiger partial charge in [-0.15, -0.1) is 0 Å². The average Bonchev–Trinajstić information content (AvgIpc) is 2.63. The Hall–Kier alpha value is -1.50. The summed E-state index contributed by atoms with van der Waals surface area (Å²) in [5.74, 6) is 6.03. The number of nitrogens with zero attached hydrogens (tertiary/aromatic N) is 1. The molecule has 0 atom stereocenters. The summed E-state index contributed by atoms with van der Waals surface area (Å²) in [6, 6.07) is 1.76. The fraction of sp³-hybridized carbons (Fsp3) is 0.182. The van der Waals surface area contributed by atoms with Crippen molar-refractivity contribution in [1.29, 1.82) is 0 Å². The average molecular weight is 220 g/mol.